The Bertz CT molecular complexity index is 956. The largest absolute Gasteiger partial charge is 0.394 e. The van der Waals surface area contributed by atoms with Crippen molar-refractivity contribution in [2.24, 2.45) is 28.9 Å². The Balaban J connectivity index is 1.50. The van der Waals surface area contributed by atoms with E-state index in [2.05, 4.69) is 5.32 Å². The number of aliphatic hydroxyl groups is 8. The van der Waals surface area contributed by atoms with Crippen LogP contribution in [0, 0.1) is 5.92 Å². The minimum Gasteiger partial charge on any atom is -0.394 e. The van der Waals surface area contributed by atoms with Crippen molar-refractivity contribution in [3.8, 4) is 0 Å². The Morgan fingerprint density at radius 3 is 2.16 bits per heavy atom. The van der Waals surface area contributed by atoms with Crippen LogP contribution in [0.1, 0.15) is 25.7 Å². The molecule has 0 bridgehead atoms. The summed E-state index contributed by atoms with van der Waals surface area (Å²) in [5, 5.41) is 84.6. The van der Waals surface area contributed by atoms with E-state index in [0.29, 0.717) is 0 Å². The van der Waals surface area contributed by atoms with Crippen LogP contribution in [-0.2, 0) is 23.7 Å². The van der Waals surface area contributed by atoms with Gasteiger partial charge in [0, 0.05) is 38.0 Å². The first-order valence-corrected chi connectivity index (χ1v) is 14.9. The van der Waals surface area contributed by atoms with Crippen LogP contribution < -0.4 is 28.3 Å². The number of rotatable bonds is 13. The van der Waals surface area contributed by atoms with Crippen LogP contribution in [0.2, 0.25) is 0 Å². The number of ketones is 1. The molecule has 0 spiro atoms. The lowest BCUT2D eigenvalue weighted by Crippen LogP contribution is -2.66. The second-order valence-corrected chi connectivity index (χ2v) is 12.5. The van der Waals surface area contributed by atoms with Crippen LogP contribution in [0.15, 0.2) is 0 Å². The molecule has 18 heteroatoms. The lowest BCUT2D eigenvalue weighted by Gasteiger charge is -2.48. The number of nitrogens with one attached hydrogen (secondary N) is 1. The van der Waals surface area contributed by atoms with E-state index in [-0.39, 0.29) is 38.8 Å². The molecule has 0 amide bonds. The number of carbonyl (C=O) groups is 1. The Labute approximate surface area is 254 Å². The monoisotopic (exact) mass is 639 g/mol. The lowest BCUT2D eigenvalue weighted by molar-refractivity contribution is -0.320. The fraction of sp³-hybridized carbons (Fsp3) is 0.962. The molecule has 4 aliphatic rings. The zero-order chi connectivity index (χ0) is 32.5. The van der Waals surface area contributed by atoms with E-state index >= 15 is 0 Å². The van der Waals surface area contributed by atoms with Crippen molar-refractivity contribution in [3.63, 3.8) is 0 Å². The van der Waals surface area contributed by atoms with Gasteiger partial charge in [-0.05, 0) is 18.8 Å². The molecule has 44 heavy (non-hydrogen) atoms. The minimum atomic E-state index is -1.71. The highest BCUT2D eigenvalue weighted by Gasteiger charge is 2.58. The standard InChI is InChI=1S/C26H49N5O13/c27-11-1-9(2-17(36)26(40)4-16(26)29)22(43-25-20(38)18(30)19(37)15(8-33)42-25)21(39)23(11)44-24-12(28)3-13(35)14(41-24)6-31-5-10(34)7-32/h9-16,18-25,31-35,37-40H,1-8,27-30H2/t9-,10?,11-,12+,13-,14+,15+,16?,18-,19+,20+,21+,22-,23+,24+,25+,26?/m0/s1. The zero-order valence-electron chi connectivity index (χ0n) is 24.3. The molecule has 0 aromatic carbocycles. The van der Waals surface area contributed by atoms with E-state index in [4.69, 9.17) is 47.0 Å². The van der Waals surface area contributed by atoms with Gasteiger partial charge in [0.25, 0.3) is 0 Å². The van der Waals surface area contributed by atoms with Gasteiger partial charge >= 0.3 is 0 Å². The molecular formula is C26H49N5O13. The quantitative estimate of drug-likeness (QED) is 0.0889. The molecule has 4 rings (SSSR count). The van der Waals surface area contributed by atoms with Gasteiger partial charge in [-0.25, -0.2) is 0 Å². The van der Waals surface area contributed by atoms with Gasteiger partial charge < -0.3 is 88.1 Å². The third-order valence-electron chi connectivity index (χ3n) is 9.11. The van der Waals surface area contributed by atoms with E-state index in [1.54, 1.807) is 0 Å². The Morgan fingerprint density at radius 2 is 1.55 bits per heavy atom. The molecule has 2 saturated carbocycles. The number of hydrogen-bond acceptors (Lipinski definition) is 18. The second-order valence-electron chi connectivity index (χ2n) is 12.5. The number of hydrogen-bond donors (Lipinski definition) is 13. The predicted octanol–water partition coefficient (Wildman–Crippen LogP) is -7.60. The minimum absolute atomic E-state index is 0.0406. The van der Waals surface area contributed by atoms with Crippen LogP contribution in [0.25, 0.3) is 0 Å². The average Bonchev–Trinajstić information content (AvgIpc) is 3.61. The molecule has 0 aromatic rings. The molecule has 256 valence electrons. The van der Waals surface area contributed by atoms with Crippen molar-refractivity contribution in [1.82, 2.24) is 5.32 Å². The van der Waals surface area contributed by atoms with Crippen LogP contribution in [0.4, 0.5) is 0 Å². The highest BCUT2D eigenvalue weighted by atomic mass is 16.7. The van der Waals surface area contributed by atoms with Gasteiger partial charge in [0.2, 0.25) is 0 Å². The maximum absolute atomic E-state index is 13.0. The molecule has 2 aliphatic carbocycles. The van der Waals surface area contributed by atoms with E-state index < -0.39 is 122 Å². The molecular weight excluding hydrogens is 590 g/mol. The van der Waals surface area contributed by atoms with Gasteiger partial charge in [0.1, 0.15) is 36.1 Å². The first-order valence-electron chi connectivity index (χ1n) is 14.9. The summed E-state index contributed by atoms with van der Waals surface area (Å²) in [4.78, 5) is 13.0. The van der Waals surface area contributed by atoms with Crippen LogP contribution in [-0.4, -0.2) is 170 Å². The Morgan fingerprint density at radius 1 is 0.909 bits per heavy atom. The average molecular weight is 640 g/mol. The van der Waals surface area contributed by atoms with Gasteiger partial charge in [-0.3, -0.25) is 4.79 Å². The molecule has 0 aromatic heterocycles. The highest BCUT2D eigenvalue weighted by Crippen LogP contribution is 2.41. The third kappa shape index (κ3) is 7.75. The number of nitrogens with two attached hydrogens (primary N) is 4. The molecule has 2 saturated heterocycles. The van der Waals surface area contributed by atoms with E-state index in [1.807, 2.05) is 0 Å². The summed E-state index contributed by atoms with van der Waals surface area (Å²) in [5.74, 6) is -1.38. The normalized spacial score (nSPS) is 48.6. The smallest absolute Gasteiger partial charge is 0.186 e. The number of aliphatic hydroxyl groups excluding tert-OH is 7. The van der Waals surface area contributed by atoms with Crippen molar-refractivity contribution in [2.75, 3.05) is 26.3 Å². The SMILES string of the molecule is NC1CC1(O)C(=O)C[C@@H]1C[C@H](N)[C@@H](O[C@H]2O[C@H](CNCC(O)CO)[C@@H](O)C[C@H]2N)[C@H](O)[C@H]1O[C@H]1O[C@H](CO)[C@@H](O)[C@H](N)[C@H]1O. The van der Waals surface area contributed by atoms with Gasteiger partial charge in [0.05, 0.1) is 49.7 Å². The predicted molar refractivity (Wildman–Crippen MR) is 148 cm³/mol. The van der Waals surface area contributed by atoms with E-state index in [0.717, 1.165) is 0 Å². The maximum atomic E-state index is 13.0. The second kappa shape index (κ2) is 14.8. The molecule has 0 radical (unpaired) electrons. The molecule has 18 nitrogen and oxygen atoms in total. The summed E-state index contributed by atoms with van der Waals surface area (Å²) >= 11 is 0. The summed E-state index contributed by atoms with van der Waals surface area (Å²) in [7, 11) is 0. The maximum Gasteiger partial charge on any atom is 0.186 e. The molecule has 17 N–H and O–H groups in total. The van der Waals surface area contributed by atoms with Gasteiger partial charge in [-0.1, -0.05) is 0 Å². The van der Waals surface area contributed by atoms with Gasteiger partial charge in [0.15, 0.2) is 18.4 Å². The highest BCUT2D eigenvalue weighted by molar-refractivity contribution is 5.91. The molecule has 3 unspecified atom stereocenters. The van der Waals surface area contributed by atoms with Crippen LogP contribution in [0.3, 0.4) is 0 Å². The summed E-state index contributed by atoms with van der Waals surface area (Å²) < 4.78 is 23.5. The fourth-order valence-corrected chi connectivity index (χ4v) is 6.14. The molecule has 4 fully saturated rings. The Hall–Kier alpha value is -1.01. The van der Waals surface area contributed by atoms with Crippen LogP contribution in [0.5, 0.6) is 0 Å². The molecule has 2 aliphatic heterocycles. The van der Waals surface area contributed by atoms with Crippen LogP contribution >= 0.6 is 0 Å². The van der Waals surface area contributed by atoms with Crippen molar-refractivity contribution in [2.45, 2.75) is 123 Å². The number of carbonyl (C=O) groups excluding carboxylic acids is 1. The summed E-state index contributed by atoms with van der Waals surface area (Å²) in [6.45, 7) is -0.970. The molecule has 17 atom stereocenters. The first-order chi connectivity index (χ1) is 20.7. The van der Waals surface area contributed by atoms with Crippen molar-refractivity contribution < 1.29 is 64.6 Å². The van der Waals surface area contributed by atoms with Crippen molar-refractivity contribution in [3.05, 3.63) is 0 Å². The topological polar surface area (TPSA) is 332 Å². The lowest BCUT2D eigenvalue weighted by atomic mass is 9.76. The number of ether oxygens (including phenoxy) is 4. The van der Waals surface area contributed by atoms with E-state index in [1.165, 1.54) is 0 Å². The van der Waals surface area contributed by atoms with Gasteiger partial charge in [-0.15, -0.1) is 0 Å². The number of Topliss-reactive ketones (excluding diaryl/α,β-unsaturated/α-hetero) is 1. The Kier molecular flexibility index (Phi) is 12.1. The summed E-state index contributed by atoms with van der Waals surface area (Å²) in [6.07, 6.45) is -13.8. The van der Waals surface area contributed by atoms with Gasteiger partial charge in [-0.2, -0.15) is 0 Å². The molecule has 2 heterocycles. The zero-order valence-corrected chi connectivity index (χ0v) is 24.3. The van der Waals surface area contributed by atoms with Crippen molar-refractivity contribution >= 4 is 5.78 Å². The first kappa shape index (κ1) is 35.8. The summed E-state index contributed by atoms with van der Waals surface area (Å²) in [5.41, 5.74) is 22.6. The van der Waals surface area contributed by atoms with E-state index in [9.17, 15) is 40.5 Å². The van der Waals surface area contributed by atoms with Crippen molar-refractivity contribution in [1.29, 1.82) is 0 Å². The third-order valence-corrected chi connectivity index (χ3v) is 9.11. The summed E-state index contributed by atoms with van der Waals surface area (Å²) in [6, 6.07) is -3.72. The fourth-order valence-electron chi connectivity index (χ4n) is 6.14.